The summed E-state index contributed by atoms with van der Waals surface area (Å²) in [6.45, 7) is 3.18. The topological polar surface area (TPSA) is 145 Å². The summed E-state index contributed by atoms with van der Waals surface area (Å²) >= 11 is 0. The van der Waals surface area contributed by atoms with Gasteiger partial charge in [-0.15, -0.1) is 0 Å². The number of carbonyl (C=O) groups is 3. The predicted octanol–water partition coefficient (Wildman–Crippen LogP) is 7.17. The molecule has 54 heavy (non-hydrogen) atoms. The third kappa shape index (κ3) is 7.94. The van der Waals surface area contributed by atoms with E-state index in [4.69, 9.17) is 4.74 Å². The van der Waals surface area contributed by atoms with E-state index in [1.807, 2.05) is 48.5 Å². The van der Waals surface area contributed by atoms with Crippen LogP contribution < -0.4 is 10.6 Å². The van der Waals surface area contributed by atoms with Crippen molar-refractivity contribution in [2.75, 3.05) is 19.8 Å². The highest BCUT2D eigenvalue weighted by Crippen LogP contribution is 2.59. The highest BCUT2D eigenvalue weighted by Gasteiger charge is 2.70. The van der Waals surface area contributed by atoms with Gasteiger partial charge in [0.05, 0.1) is 35.9 Å². The quantitative estimate of drug-likeness (QED) is 0.151. The molecule has 1 aliphatic carbocycles. The van der Waals surface area contributed by atoms with Gasteiger partial charge in [0, 0.05) is 26.2 Å². The molecule has 0 unspecified atom stereocenters. The molecule has 2 saturated heterocycles. The molecule has 3 aliphatic rings. The molecule has 2 aliphatic heterocycles. The Morgan fingerprint density at radius 2 is 1.44 bits per heavy atom. The molecule has 0 bridgehead atoms. The van der Waals surface area contributed by atoms with Gasteiger partial charge >= 0.3 is 6.18 Å². The van der Waals surface area contributed by atoms with E-state index >= 15 is 0 Å². The van der Waals surface area contributed by atoms with Crippen LogP contribution in [0, 0.1) is 5.41 Å². The lowest BCUT2D eigenvalue weighted by atomic mass is 10.0. The van der Waals surface area contributed by atoms with Crippen LogP contribution in [0.3, 0.4) is 0 Å². The average molecular weight is 746 g/mol. The molecule has 4 N–H and O–H groups in total. The van der Waals surface area contributed by atoms with Crippen molar-refractivity contribution in [3.8, 4) is 33.6 Å². The average Bonchev–Trinajstić information content (AvgIpc) is 3.49. The normalized spacial score (nSPS) is 22.2. The summed E-state index contributed by atoms with van der Waals surface area (Å²) in [5.74, 6) is -0.101. The Morgan fingerprint density at radius 3 is 2.06 bits per heavy atom. The van der Waals surface area contributed by atoms with Gasteiger partial charge in [0.2, 0.25) is 17.7 Å². The van der Waals surface area contributed by atoms with E-state index in [0.717, 1.165) is 52.9 Å². The van der Waals surface area contributed by atoms with Gasteiger partial charge < -0.3 is 30.2 Å². The fourth-order valence-electron chi connectivity index (χ4n) is 7.46. The number of aromatic amines is 2. The largest absolute Gasteiger partial charge is 0.403 e. The van der Waals surface area contributed by atoms with E-state index in [1.165, 1.54) is 4.90 Å². The van der Waals surface area contributed by atoms with Crippen molar-refractivity contribution in [2.45, 2.75) is 95.4 Å². The molecule has 3 fully saturated rings. The Balaban J connectivity index is 1.00. The van der Waals surface area contributed by atoms with Crippen LogP contribution in [-0.2, 0) is 19.1 Å². The van der Waals surface area contributed by atoms with Crippen molar-refractivity contribution in [1.82, 2.24) is 35.5 Å². The number of aromatic nitrogens is 4. The fourth-order valence-corrected chi connectivity index (χ4v) is 7.46. The minimum absolute atomic E-state index is 0.151. The monoisotopic (exact) mass is 745 g/mol. The maximum absolute atomic E-state index is 13.7. The van der Waals surface area contributed by atoms with Gasteiger partial charge in [-0.2, -0.15) is 13.2 Å². The molecule has 7 rings (SSSR count). The summed E-state index contributed by atoms with van der Waals surface area (Å²) in [5.41, 5.74) is 3.07. The molecule has 0 spiro atoms. The maximum Gasteiger partial charge on any atom is 0.403 e. The number of rotatable bonds is 8. The van der Waals surface area contributed by atoms with E-state index in [2.05, 4.69) is 30.6 Å². The van der Waals surface area contributed by atoms with Gasteiger partial charge in [-0.05, 0) is 67.2 Å². The minimum Gasteiger partial charge on any atom is -0.381 e. The summed E-state index contributed by atoms with van der Waals surface area (Å²) < 4.78 is 46.9. The summed E-state index contributed by atoms with van der Waals surface area (Å²) in [7, 11) is 0. The number of hydrogen-bond acceptors (Lipinski definition) is 6. The third-order valence-corrected chi connectivity index (χ3v) is 10.9. The zero-order chi connectivity index (χ0) is 37.9. The highest BCUT2D eigenvalue weighted by molar-refractivity contribution is 5.88. The number of likely N-dealkylation sites (tertiary alicyclic amines) is 1. The molecule has 11 nitrogen and oxygen atoms in total. The Kier molecular flexibility index (Phi) is 10.9. The molecular weight excluding hydrogens is 699 g/mol. The third-order valence-electron chi connectivity index (χ3n) is 10.9. The molecule has 14 heteroatoms. The van der Waals surface area contributed by atoms with Crippen LogP contribution in [0.5, 0.6) is 0 Å². The summed E-state index contributed by atoms with van der Waals surface area (Å²) in [6, 6.07) is 14.4. The molecule has 286 valence electrons. The van der Waals surface area contributed by atoms with Crippen molar-refractivity contribution >= 4 is 17.7 Å². The molecule has 1 saturated carbocycles. The molecule has 2 aromatic carbocycles. The first kappa shape index (κ1) is 37.3. The van der Waals surface area contributed by atoms with Crippen LogP contribution >= 0.6 is 0 Å². The fraction of sp³-hybridized carbons (Fsp3) is 0.475. The number of H-pyrrole nitrogens is 2. The lowest BCUT2D eigenvalue weighted by Gasteiger charge is -2.29. The Morgan fingerprint density at radius 1 is 0.833 bits per heavy atom. The van der Waals surface area contributed by atoms with Crippen LogP contribution in [0.4, 0.5) is 13.2 Å². The SMILES string of the molecule is CCC(=O)N[C@H]1CCCCCOCC[C@@H](c2ncc(-c3ccc(-c4ccc(-c5cnc([C@@H]6CCCN6C(=O)C6(C(F)(F)F)CC6)[nH]5)cc4)cc3)[nH]2)NC1=O. The number of benzene rings is 2. The second-order valence-corrected chi connectivity index (χ2v) is 14.5. The van der Waals surface area contributed by atoms with Crippen LogP contribution in [0.2, 0.25) is 0 Å². The van der Waals surface area contributed by atoms with Gasteiger partial charge in [0.15, 0.2) is 0 Å². The van der Waals surface area contributed by atoms with E-state index < -0.39 is 35.6 Å². The lowest BCUT2D eigenvalue weighted by molar-refractivity contribution is -0.199. The summed E-state index contributed by atoms with van der Waals surface area (Å²) in [6.07, 6.45) is 3.81. The van der Waals surface area contributed by atoms with Crippen molar-refractivity contribution in [3.63, 3.8) is 0 Å². The van der Waals surface area contributed by atoms with Crippen molar-refractivity contribution in [2.24, 2.45) is 5.41 Å². The molecule has 4 aromatic rings. The smallest absolute Gasteiger partial charge is 0.381 e. The molecule has 0 radical (unpaired) electrons. The van der Waals surface area contributed by atoms with Gasteiger partial charge in [-0.1, -0.05) is 68.3 Å². The zero-order valence-corrected chi connectivity index (χ0v) is 30.3. The van der Waals surface area contributed by atoms with Crippen molar-refractivity contribution in [1.29, 1.82) is 0 Å². The molecule has 3 amide bonds. The number of carbonyl (C=O) groups excluding carboxylic acids is 3. The van der Waals surface area contributed by atoms with Crippen LogP contribution in [0.1, 0.15) is 94.9 Å². The molecular formula is C40H46F3N7O4. The van der Waals surface area contributed by atoms with Gasteiger partial charge in [-0.25, -0.2) is 9.97 Å². The Bertz CT molecular complexity index is 1940. The standard InChI is InChI=1S/C40H46F3N7O4/c1-2-34(51)46-30-7-4-3-5-21-54-22-17-29(49-37(30)52)35-44-23-31(47-35)27-13-9-25(10-14-27)26-11-15-28(16-12-26)32-24-45-36(48-32)33-8-6-20-50(33)38(53)39(18-19-39)40(41,42)43/h9-16,23-24,29-30,33H,2-8,17-22H2,1H3,(H,44,47)(H,45,48)(H,46,51)(H,49,52)/t29-,30-,33-/m0/s1. The number of nitrogens with zero attached hydrogens (tertiary/aromatic N) is 3. The maximum atomic E-state index is 13.7. The molecule has 2 aromatic heterocycles. The van der Waals surface area contributed by atoms with E-state index in [-0.39, 0.29) is 24.7 Å². The number of halogens is 3. The second kappa shape index (κ2) is 15.8. The summed E-state index contributed by atoms with van der Waals surface area (Å²) in [5, 5.41) is 5.96. The van der Waals surface area contributed by atoms with E-state index in [0.29, 0.717) is 63.5 Å². The van der Waals surface area contributed by atoms with Crippen LogP contribution in [-0.4, -0.2) is 74.5 Å². The molecule has 4 heterocycles. The van der Waals surface area contributed by atoms with Gasteiger partial charge in [0.1, 0.15) is 23.1 Å². The van der Waals surface area contributed by atoms with Crippen LogP contribution in [0.15, 0.2) is 60.9 Å². The Hall–Kier alpha value is -4.98. The Labute approximate surface area is 311 Å². The minimum atomic E-state index is -4.54. The van der Waals surface area contributed by atoms with E-state index in [1.54, 1.807) is 19.3 Å². The van der Waals surface area contributed by atoms with Gasteiger partial charge in [-0.3, -0.25) is 14.4 Å². The zero-order valence-electron chi connectivity index (χ0n) is 30.3. The van der Waals surface area contributed by atoms with Crippen molar-refractivity contribution in [3.05, 3.63) is 72.6 Å². The second-order valence-electron chi connectivity index (χ2n) is 14.5. The molecule has 3 atom stereocenters. The van der Waals surface area contributed by atoms with E-state index in [9.17, 15) is 27.6 Å². The number of ether oxygens (including phenoxy) is 1. The lowest BCUT2D eigenvalue weighted by Crippen LogP contribution is -2.47. The first-order chi connectivity index (χ1) is 26.1. The number of amides is 3. The number of imidazole rings is 2. The first-order valence-corrected chi connectivity index (χ1v) is 18.9. The van der Waals surface area contributed by atoms with Gasteiger partial charge in [0.25, 0.3) is 0 Å². The summed E-state index contributed by atoms with van der Waals surface area (Å²) in [4.78, 5) is 55.6. The van der Waals surface area contributed by atoms with Crippen molar-refractivity contribution < 1.29 is 32.3 Å². The number of hydrogen-bond donors (Lipinski definition) is 4. The number of nitrogens with one attached hydrogen (secondary N) is 4. The number of alkyl halides is 3. The van der Waals surface area contributed by atoms with Crippen LogP contribution in [0.25, 0.3) is 33.6 Å². The highest BCUT2D eigenvalue weighted by atomic mass is 19.4. The first-order valence-electron chi connectivity index (χ1n) is 18.9. The predicted molar refractivity (Wildman–Crippen MR) is 195 cm³/mol.